The van der Waals surface area contributed by atoms with Gasteiger partial charge >= 0.3 is 0 Å². The zero-order valence-electron chi connectivity index (χ0n) is 19.0. The second kappa shape index (κ2) is 10.1. The first-order valence-corrected chi connectivity index (χ1v) is 12.5. The van der Waals surface area contributed by atoms with Crippen molar-refractivity contribution in [1.82, 2.24) is 20.3 Å². The number of carbonyl (C=O) groups excluding carboxylic acids is 1. The van der Waals surface area contributed by atoms with Gasteiger partial charge in [-0.3, -0.25) is 9.78 Å². The number of rotatable bonds is 7. The van der Waals surface area contributed by atoms with E-state index < -0.39 is 0 Å². The lowest BCUT2D eigenvalue weighted by Gasteiger charge is -2.34. The van der Waals surface area contributed by atoms with E-state index in [9.17, 15) is 9.18 Å². The predicted octanol–water partition coefficient (Wildman–Crippen LogP) is 3.61. The molecule has 0 atom stereocenters. The number of anilines is 2. The van der Waals surface area contributed by atoms with Gasteiger partial charge in [0.05, 0.1) is 35.2 Å². The Balaban J connectivity index is 1.13. The molecule has 0 aliphatic carbocycles. The SMILES string of the molecule is COc1ccc2ncc(F)c(N3CCC(CCNCc4ccc5c(n4)NC(=O)CS5)CC3)c2n1. The molecule has 2 aliphatic heterocycles. The number of amides is 1. The zero-order chi connectivity index (χ0) is 23.5. The molecule has 0 radical (unpaired) electrons. The van der Waals surface area contributed by atoms with Crippen molar-refractivity contribution in [2.45, 2.75) is 30.7 Å². The number of aromatic nitrogens is 3. The van der Waals surface area contributed by atoms with Crippen molar-refractivity contribution in [3.8, 4) is 5.88 Å². The summed E-state index contributed by atoms with van der Waals surface area (Å²) in [5.74, 6) is 1.79. The lowest BCUT2D eigenvalue weighted by molar-refractivity contribution is -0.113. The first-order chi connectivity index (χ1) is 16.6. The molecule has 0 saturated carbocycles. The Morgan fingerprint density at radius 2 is 2.09 bits per heavy atom. The fourth-order valence-electron chi connectivity index (χ4n) is 4.50. The third kappa shape index (κ3) is 4.92. The Morgan fingerprint density at radius 1 is 1.24 bits per heavy atom. The van der Waals surface area contributed by atoms with E-state index >= 15 is 0 Å². The summed E-state index contributed by atoms with van der Waals surface area (Å²) in [6.07, 6.45) is 4.32. The summed E-state index contributed by atoms with van der Waals surface area (Å²) in [6, 6.07) is 7.58. The minimum Gasteiger partial charge on any atom is -0.481 e. The van der Waals surface area contributed by atoms with Crippen LogP contribution in [0.4, 0.5) is 15.9 Å². The first-order valence-electron chi connectivity index (χ1n) is 11.5. The number of ether oxygens (including phenoxy) is 1. The monoisotopic (exact) mass is 482 g/mol. The van der Waals surface area contributed by atoms with Crippen LogP contribution in [0.1, 0.15) is 25.0 Å². The van der Waals surface area contributed by atoms with E-state index in [0.29, 0.717) is 46.6 Å². The standard InChI is InChI=1S/C24H27FN6O2S/c1-33-21-5-3-18-22(30-21)23(17(25)13-27-18)31-10-7-15(8-11-31)6-9-26-12-16-2-4-19-24(28-16)29-20(32)14-34-19/h2-5,13,15,26H,6-12,14H2,1H3,(H,28,29,32). The van der Waals surface area contributed by atoms with Crippen LogP contribution in [0, 0.1) is 11.7 Å². The highest BCUT2D eigenvalue weighted by molar-refractivity contribution is 8.00. The molecule has 5 heterocycles. The van der Waals surface area contributed by atoms with Gasteiger partial charge in [-0.05, 0) is 49.9 Å². The highest BCUT2D eigenvalue weighted by Crippen LogP contribution is 2.33. The summed E-state index contributed by atoms with van der Waals surface area (Å²) in [6.45, 7) is 3.11. The normalized spacial score (nSPS) is 16.4. The topological polar surface area (TPSA) is 92.3 Å². The van der Waals surface area contributed by atoms with Crippen molar-refractivity contribution < 1.29 is 13.9 Å². The number of nitrogens with one attached hydrogen (secondary N) is 2. The second-order valence-corrected chi connectivity index (χ2v) is 9.58. The van der Waals surface area contributed by atoms with Crippen LogP contribution in [0.25, 0.3) is 11.0 Å². The van der Waals surface area contributed by atoms with Crippen molar-refractivity contribution in [1.29, 1.82) is 0 Å². The van der Waals surface area contributed by atoms with E-state index in [0.717, 1.165) is 49.5 Å². The lowest BCUT2D eigenvalue weighted by atomic mass is 9.93. The minimum atomic E-state index is -0.347. The van der Waals surface area contributed by atoms with Gasteiger partial charge in [-0.1, -0.05) is 0 Å². The highest BCUT2D eigenvalue weighted by atomic mass is 32.2. The highest BCUT2D eigenvalue weighted by Gasteiger charge is 2.24. The maximum Gasteiger partial charge on any atom is 0.235 e. The Labute approximate surface area is 201 Å². The molecule has 1 saturated heterocycles. The average molecular weight is 483 g/mol. The number of pyridine rings is 3. The van der Waals surface area contributed by atoms with E-state index in [1.54, 1.807) is 13.2 Å². The molecule has 0 spiro atoms. The molecular weight excluding hydrogens is 455 g/mol. The van der Waals surface area contributed by atoms with Gasteiger partial charge in [-0.15, -0.1) is 11.8 Å². The molecule has 0 bridgehead atoms. The summed E-state index contributed by atoms with van der Waals surface area (Å²) in [5, 5.41) is 6.30. The summed E-state index contributed by atoms with van der Waals surface area (Å²) in [7, 11) is 1.55. The van der Waals surface area contributed by atoms with Gasteiger partial charge in [0.2, 0.25) is 11.8 Å². The van der Waals surface area contributed by atoms with E-state index in [-0.39, 0.29) is 11.7 Å². The minimum absolute atomic E-state index is 0.00369. The molecular formula is C24H27FN6O2S. The van der Waals surface area contributed by atoms with Crippen LogP contribution in [-0.4, -0.2) is 53.4 Å². The number of hydrogen-bond acceptors (Lipinski definition) is 8. The van der Waals surface area contributed by atoms with E-state index in [4.69, 9.17) is 4.74 Å². The number of hydrogen-bond donors (Lipinski definition) is 2. The fourth-order valence-corrected chi connectivity index (χ4v) is 5.25. The Bertz CT molecular complexity index is 1200. The van der Waals surface area contributed by atoms with Crippen LogP contribution < -0.4 is 20.3 Å². The van der Waals surface area contributed by atoms with Crippen LogP contribution in [-0.2, 0) is 11.3 Å². The molecule has 10 heteroatoms. The predicted molar refractivity (Wildman–Crippen MR) is 131 cm³/mol. The van der Waals surface area contributed by atoms with Crippen LogP contribution >= 0.6 is 11.8 Å². The van der Waals surface area contributed by atoms with E-state index in [2.05, 4.69) is 30.5 Å². The van der Waals surface area contributed by atoms with Crippen LogP contribution in [0.3, 0.4) is 0 Å². The quantitative estimate of drug-likeness (QED) is 0.494. The van der Waals surface area contributed by atoms with E-state index in [1.165, 1.54) is 18.0 Å². The Kier molecular flexibility index (Phi) is 6.77. The third-order valence-electron chi connectivity index (χ3n) is 6.32. The molecule has 0 aromatic carbocycles. The molecule has 3 aromatic rings. The van der Waals surface area contributed by atoms with Crippen LogP contribution in [0.15, 0.2) is 35.4 Å². The molecule has 3 aromatic heterocycles. The van der Waals surface area contributed by atoms with Gasteiger partial charge in [0.25, 0.3) is 0 Å². The van der Waals surface area contributed by atoms with Crippen molar-refractivity contribution in [2.24, 2.45) is 5.92 Å². The summed E-state index contributed by atoms with van der Waals surface area (Å²) in [4.78, 5) is 27.9. The molecule has 8 nitrogen and oxygen atoms in total. The molecule has 0 unspecified atom stereocenters. The maximum atomic E-state index is 14.7. The summed E-state index contributed by atoms with van der Waals surface area (Å²) in [5.41, 5.74) is 2.65. The number of methoxy groups -OCH3 is 1. The molecule has 178 valence electrons. The number of fused-ring (bicyclic) bond motifs is 2. The smallest absolute Gasteiger partial charge is 0.235 e. The lowest BCUT2D eigenvalue weighted by Crippen LogP contribution is -2.35. The van der Waals surface area contributed by atoms with Gasteiger partial charge in [-0.25, -0.2) is 14.4 Å². The van der Waals surface area contributed by atoms with Crippen LogP contribution in [0.2, 0.25) is 0 Å². The van der Waals surface area contributed by atoms with Crippen molar-refractivity contribution in [3.05, 3.63) is 42.0 Å². The molecule has 2 aliphatic rings. The van der Waals surface area contributed by atoms with Crippen LogP contribution in [0.5, 0.6) is 5.88 Å². The largest absolute Gasteiger partial charge is 0.481 e. The Morgan fingerprint density at radius 3 is 2.91 bits per heavy atom. The number of piperidine rings is 1. The molecule has 1 amide bonds. The number of nitrogens with zero attached hydrogens (tertiary/aromatic N) is 4. The van der Waals surface area contributed by atoms with E-state index in [1.807, 2.05) is 18.2 Å². The van der Waals surface area contributed by atoms with Gasteiger partial charge in [0.15, 0.2) is 5.82 Å². The fraction of sp³-hybridized carbons (Fsp3) is 0.417. The van der Waals surface area contributed by atoms with Crippen molar-refractivity contribution in [3.63, 3.8) is 0 Å². The van der Waals surface area contributed by atoms with Gasteiger partial charge in [-0.2, -0.15) is 0 Å². The maximum absolute atomic E-state index is 14.7. The van der Waals surface area contributed by atoms with Gasteiger partial charge in [0, 0.05) is 25.7 Å². The zero-order valence-corrected chi connectivity index (χ0v) is 19.8. The number of halogens is 1. The number of carbonyl (C=O) groups is 1. The third-order valence-corrected chi connectivity index (χ3v) is 7.37. The van der Waals surface area contributed by atoms with Gasteiger partial charge < -0.3 is 20.3 Å². The molecule has 34 heavy (non-hydrogen) atoms. The van der Waals surface area contributed by atoms with Crippen molar-refractivity contribution in [2.75, 3.05) is 42.7 Å². The average Bonchev–Trinajstić information content (AvgIpc) is 2.86. The molecule has 5 rings (SSSR count). The Hall–Kier alpha value is -2.98. The number of thioether (sulfide) groups is 1. The van der Waals surface area contributed by atoms with Crippen molar-refractivity contribution >= 4 is 40.2 Å². The van der Waals surface area contributed by atoms with Gasteiger partial charge in [0.1, 0.15) is 17.0 Å². The molecule has 2 N–H and O–H groups in total. The summed E-state index contributed by atoms with van der Waals surface area (Å²) < 4.78 is 20.0. The molecule has 1 fully saturated rings. The first kappa shape index (κ1) is 22.8. The second-order valence-electron chi connectivity index (χ2n) is 8.56. The summed E-state index contributed by atoms with van der Waals surface area (Å²) >= 11 is 1.52.